The maximum Gasteiger partial charge on any atom is 0.513 e. The molecule has 118 valence electrons. The van der Waals surface area contributed by atoms with E-state index in [9.17, 15) is 13.2 Å². The van der Waals surface area contributed by atoms with Gasteiger partial charge in [0.25, 0.3) is 10.0 Å². The minimum Gasteiger partial charge on any atom is -0.437 e. The summed E-state index contributed by atoms with van der Waals surface area (Å²) >= 11 is 0. The Kier molecular flexibility index (Phi) is 3.79. The van der Waals surface area contributed by atoms with Crippen molar-refractivity contribution in [1.82, 2.24) is 4.72 Å². The smallest absolute Gasteiger partial charge is 0.437 e. The SMILES string of the molecule is COC(=O)Oc1ccc2c(c1)S(=O)(=O)NC(c1ccccc1)=C2. The van der Waals surface area contributed by atoms with E-state index in [1.807, 2.05) is 30.3 Å². The molecule has 0 spiro atoms. The second-order valence-corrected chi connectivity index (χ2v) is 6.44. The maximum atomic E-state index is 12.4. The lowest BCUT2D eigenvalue weighted by molar-refractivity contribution is 0.121. The molecule has 0 atom stereocenters. The first-order valence-corrected chi connectivity index (χ1v) is 8.18. The fourth-order valence-corrected chi connectivity index (χ4v) is 3.50. The van der Waals surface area contributed by atoms with E-state index in [1.165, 1.54) is 19.2 Å². The summed E-state index contributed by atoms with van der Waals surface area (Å²) in [5.74, 6) is 0.0949. The third-order valence-corrected chi connectivity index (χ3v) is 4.69. The Hall–Kier alpha value is -2.80. The molecule has 1 N–H and O–H groups in total. The van der Waals surface area contributed by atoms with Crippen LogP contribution in [-0.2, 0) is 14.8 Å². The summed E-state index contributed by atoms with van der Waals surface area (Å²) in [6.45, 7) is 0. The molecule has 0 saturated carbocycles. The lowest BCUT2D eigenvalue weighted by Gasteiger charge is -2.19. The minimum atomic E-state index is -3.75. The van der Waals surface area contributed by atoms with Gasteiger partial charge in [-0.05, 0) is 29.3 Å². The lowest BCUT2D eigenvalue weighted by atomic mass is 10.1. The molecule has 0 saturated heterocycles. The highest BCUT2D eigenvalue weighted by Gasteiger charge is 2.25. The molecule has 0 unspecified atom stereocenters. The standard InChI is InChI=1S/C16H13NO5S/c1-21-16(18)22-13-8-7-12-9-14(11-5-3-2-4-6-11)17-23(19,20)15(12)10-13/h2-10,17H,1H3. The molecule has 23 heavy (non-hydrogen) atoms. The van der Waals surface area contributed by atoms with Gasteiger partial charge in [-0.15, -0.1) is 0 Å². The average molecular weight is 331 g/mol. The number of hydrogen-bond acceptors (Lipinski definition) is 5. The van der Waals surface area contributed by atoms with Crippen LogP contribution in [-0.4, -0.2) is 21.7 Å². The first-order chi connectivity index (χ1) is 11.0. The zero-order valence-corrected chi connectivity index (χ0v) is 13.0. The Labute approximate surface area is 133 Å². The monoisotopic (exact) mass is 331 g/mol. The summed E-state index contributed by atoms with van der Waals surface area (Å²) in [6, 6.07) is 13.5. The Bertz CT molecular complexity index is 888. The van der Waals surface area contributed by atoms with Crippen LogP contribution in [0, 0.1) is 0 Å². The first kappa shape index (κ1) is 15.1. The van der Waals surface area contributed by atoms with Crippen molar-refractivity contribution in [3.05, 3.63) is 59.7 Å². The van der Waals surface area contributed by atoms with E-state index in [-0.39, 0.29) is 10.6 Å². The van der Waals surface area contributed by atoms with Crippen molar-refractivity contribution in [2.75, 3.05) is 7.11 Å². The molecule has 0 fully saturated rings. The number of ether oxygens (including phenoxy) is 2. The van der Waals surface area contributed by atoms with Gasteiger partial charge in [0.2, 0.25) is 0 Å². The van der Waals surface area contributed by atoms with Gasteiger partial charge < -0.3 is 9.47 Å². The predicted molar refractivity (Wildman–Crippen MR) is 84.1 cm³/mol. The van der Waals surface area contributed by atoms with Gasteiger partial charge in [0.15, 0.2) is 0 Å². The molecule has 7 heteroatoms. The number of fused-ring (bicyclic) bond motifs is 1. The van der Waals surface area contributed by atoms with E-state index in [0.29, 0.717) is 11.3 Å². The molecule has 2 aromatic carbocycles. The van der Waals surface area contributed by atoms with Crippen LogP contribution in [0.4, 0.5) is 4.79 Å². The number of sulfonamides is 1. The van der Waals surface area contributed by atoms with Crippen LogP contribution in [0.1, 0.15) is 11.1 Å². The van der Waals surface area contributed by atoms with Gasteiger partial charge in [-0.2, -0.15) is 0 Å². The normalized spacial score (nSPS) is 14.9. The summed E-state index contributed by atoms with van der Waals surface area (Å²) in [5.41, 5.74) is 1.76. The predicted octanol–water partition coefficient (Wildman–Crippen LogP) is 2.62. The molecule has 0 aliphatic carbocycles. The average Bonchev–Trinajstić information content (AvgIpc) is 2.55. The van der Waals surface area contributed by atoms with Gasteiger partial charge in [-0.3, -0.25) is 4.72 Å². The summed E-state index contributed by atoms with van der Waals surface area (Å²) in [6.07, 6.45) is 0.819. The summed E-state index contributed by atoms with van der Waals surface area (Å²) in [5, 5.41) is 0. The Morgan fingerprint density at radius 2 is 1.83 bits per heavy atom. The van der Waals surface area contributed by atoms with Crippen LogP contribution in [0.5, 0.6) is 5.75 Å². The molecule has 0 bridgehead atoms. The van der Waals surface area contributed by atoms with Crippen molar-refractivity contribution in [2.24, 2.45) is 0 Å². The Morgan fingerprint density at radius 3 is 2.52 bits per heavy atom. The summed E-state index contributed by atoms with van der Waals surface area (Å²) in [4.78, 5) is 11.2. The van der Waals surface area contributed by atoms with E-state index in [0.717, 1.165) is 5.56 Å². The number of benzene rings is 2. The van der Waals surface area contributed by atoms with Gasteiger partial charge >= 0.3 is 6.16 Å². The van der Waals surface area contributed by atoms with Gasteiger partial charge in [-0.25, -0.2) is 13.2 Å². The van der Waals surface area contributed by atoms with E-state index in [4.69, 9.17) is 4.74 Å². The molecule has 6 nitrogen and oxygen atoms in total. The molecule has 1 aliphatic rings. The van der Waals surface area contributed by atoms with E-state index in [1.54, 1.807) is 12.1 Å². The van der Waals surface area contributed by atoms with Crippen molar-refractivity contribution in [2.45, 2.75) is 4.90 Å². The highest BCUT2D eigenvalue weighted by Crippen LogP contribution is 2.31. The molecule has 0 aromatic heterocycles. The van der Waals surface area contributed by atoms with Crippen LogP contribution < -0.4 is 9.46 Å². The number of hydrogen-bond donors (Lipinski definition) is 1. The topological polar surface area (TPSA) is 81.7 Å². The third kappa shape index (κ3) is 3.04. The zero-order chi connectivity index (χ0) is 16.4. The van der Waals surface area contributed by atoms with E-state index < -0.39 is 16.2 Å². The lowest BCUT2D eigenvalue weighted by Crippen LogP contribution is -2.26. The summed E-state index contributed by atoms with van der Waals surface area (Å²) < 4.78 is 36.6. The van der Waals surface area contributed by atoms with Crippen molar-refractivity contribution >= 4 is 28.0 Å². The number of carbonyl (C=O) groups excluding carboxylic acids is 1. The van der Waals surface area contributed by atoms with Crippen molar-refractivity contribution < 1.29 is 22.7 Å². The highest BCUT2D eigenvalue weighted by atomic mass is 32.2. The second kappa shape index (κ2) is 5.77. The molecule has 2 aromatic rings. The van der Waals surface area contributed by atoms with Gasteiger partial charge in [0.1, 0.15) is 5.75 Å². The molecule has 3 rings (SSSR count). The number of nitrogens with one attached hydrogen (secondary N) is 1. The van der Waals surface area contributed by atoms with Crippen molar-refractivity contribution in [3.63, 3.8) is 0 Å². The number of rotatable bonds is 2. The first-order valence-electron chi connectivity index (χ1n) is 6.69. The number of carbonyl (C=O) groups is 1. The Balaban J connectivity index is 2.05. The van der Waals surface area contributed by atoms with Crippen molar-refractivity contribution in [1.29, 1.82) is 0 Å². The molecule has 0 radical (unpaired) electrons. The quantitative estimate of drug-likeness (QED) is 0.676. The van der Waals surface area contributed by atoms with Crippen molar-refractivity contribution in [3.8, 4) is 5.75 Å². The molecule has 0 amide bonds. The van der Waals surface area contributed by atoms with E-state index >= 15 is 0 Å². The largest absolute Gasteiger partial charge is 0.513 e. The Morgan fingerprint density at radius 1 is 1.09 bits per heavy atom. The highest BCUT2D eigenvalue weighted by molar-refractivity contribution is 7.90. The molecule has 1 heterocycles. The maximum absolute atomic E-state index is 12.4. The minimum absolute atomic E-state index is 0.0404. The van der Waals surface area contributed by atoms with Gasteiger partial charge in [0.05, 0.1) is 17.7 Å². The molecule has 1 aliphatic heterocycles. The number of methoxy groups -OCH3 is 1. The van der Waals surface area contributed by atoms with Crippen LogP contribution in [0.2, 0.25) is 0 Å². The fourth-order valence-electron chi connectivity index (χ4n) is 2.21. The molecular formula is C16H13NO5S. The third-order valence-electron chi connectivity index (χ3n) is 3.27. The second-order valence-electron chi connectivity index (χ2n) is 4.79. The summed E-state index contributed by atoms with van der Waals surface area (Å²) in [7, 11) is -2.58. The van der Waals surface area contributed by atoms with Crippen LogP contribution >= 0.6 is 0 Å². The van der Waals surface area contributed by atoms with Crippen LogP contribution in [0.3, 0.4) is 0 Å². The fraction of sp³-hybridized carbons (Fsp3) is 0.0625. The zero-order valence-electron chi connectivity index (χ0n) is 12.1. The van der Waals surface area contributed by atoms with Crippen LogP contribution in [0.25, 0.3) is 11.8 Å². The van der Waals surface area contributed by atoms with Crippen LogP contribution in [0.15, 0.2) is 53.4 Å². The van der Waals surface area contributed by atoms with E-state index in [2.05, 4.69) is 9.46 Å². The van der Waals surface area contributed by atoms with Gasteiger partial charge in [0, 0.05) is 6.07 Å². The van der Waals surface area contributed by atoms with Gasteiger partial charge in [-0.1, -0.05) is 30.3 Å². The molecular weight excluding hydrogens is 318 g/mol.